The first-order chi connectivity index (χ1) is 8.70. The third-order valence-electron chi connectivity index (χ3n) is 2.45. The highest BCUT2D eigenvalue weighted by Gasteiger charge is 2.08. The molecular weight excluding hydrogens is 294 g/mol. The van der Waals surface area contributed by atoms with Crippen LogP contribution in [0.1, 0.15) is 15.9 Å². The molecule has 4 nitrogen and oxygen atoms in total. The lowest BCUT2D eigenvalue weighted by molar-refractivity contribution is 0.102. The zero-order chi connectivity index (χ0) is 13.0. The highest BCUT2D eigenvalue weighted by molar-refractivity contribution is 9.10. The standard InChI is InChI=1S/C13H12BrN3O/c14-11-5-10(7-16-8-11)13(18)17-12-4-2-1-3-9(12)6-15/h1-5,7-8H,6,15H2,(H,17,18). The Kier molecular flexibility index (Phi) is 4.07. The van der Waals surface area contributed by atoms with E-state index in [0.717, 1.165) is 15.7 Å². The topological polar surface area (TPSA) is 68.0 Å². The number of pyridine rings is 1. The van der Waals surface area contributed by atoms with E-state index < -0.39 is 0 Å². The molecule has 18 heavy (non-hydrogen) atoms. The van der Waals surface area contributed by atoms with E-state index >= 15 is 0 Å². The van der Waals surface area contributed by atoms with Crippen LogP contribution in [0.4, 0.5) is 5.69 Å². The summed E-state index contributed by atoms with van der Waals surface area (Å²) in [4.78, 5) is 16.0. The summed E-state index contributed by atoms with van der Waals surface area (Å²) in [6.45, 7) is 0.382. The van der Waals surface area contributed by atoms with Crippen molar-refractivity contribution in [1.29, 1.82) is 0 Å². The van der Waals surface area contributed by atoms with E-state index in [4.69, 9.17) is 5.73 Å². The Bertz CT molecular complexity index is 572. The van der Waals surface area contributed by atoms with Gasteiger partial charge in [-0.1, -0.05) is 18.2 Å². The van der Waals surface area contributed by atoms with Gasteiger partial charge >= 0.3 is 0 Å². The number of nitrogens with two attached hydrogens (primary N) is 1. The second-order valence-electron chi connectivity index (χ2n) is 3.71. The van der Waals surface area contributed by atoms with E-state index in [2.05, 4.69) is 26.2 Å². The van der Waals surface area contributed by atoms with Crippen molar-refractivity contribution >= 4 is 27.5 Å². The number of halogens is 1. The van der Waals surface area contributed by atoms with Gasteiger partial charge in [0.15, 0.2) is 0 Å². The maximum atomic E-state index is 12.0. The van der Waals surface area contributed by atoms with Crippen LogP contribution < -0.4 is 11.1 Å². The molecule has 1 amide bonds. The molecule has 1 aromatic carbocycles. The number of amides is 1. The predicted molar refractivity (Wildman–Crippen MR) is 74.2 cm³/mol. The number of para-hydroxylation sites is 1. The van der Waals surface area contributed by atoms with Crippen LogP contribution in [0.15, 0.2) is 47.2 Å². The SMILES string of the molecule is NCc1ccccc1NC(=O)c1cncc(Br)c1. The van der Waals surface area contributed by atoms with Gasteiger partial charge in [0.25, 0.3) is 5.91 Å². The average molecular weight is 306 g/mol. The Labute approximate surface area is 113 Å². The van der Waals surface area contributed by atoms with Gasteiger partial charge in [-0.15, -0.1) is 0 Å². The smallest absolute Gasteiger partial charge is 0.257 e. The lowest BCUT2D eigenvalue weighted by Crippen LogP contribution is -2.14. The van der Waals surface area contributed by atoms with E-state index in [1.807, 2.05) is 24.3 Å². The number of nitrogens with one attached hydrogen (secondary N) is 1. The van der Waals surface area contributed by atoms with Crippen molar-refractivity contribution in [3.05, 3.63) is 58.3 Å². The van der Waals surface area contributed by atoms with Crippen molar-refractivity contribution in [1.82, 2.24) is 4.98 Å². The molecule has 5 heteroatoms. The Balaban J connectivity index is 2.21. The molecule has 92 valence electrons. The van der Waals surface area contributed by atoms with Gasteiger partial charge in [0.05, 0.1) is 5.56 Å². The minimum atomic E-state index is -0.204. The molecule has 0 spiro atoms. The molecule has 2 aromatic rings. The number of aromatic nitrogens is 1. The van der Waals surface area contributed by atoms with Crippen molar-refractivity contribution in [3.63, 3.8) is 0 Å². The second-order valence-corrected chi connectivity index (χ2v) is 4.62. The molecule has 0 radical (unpaired) electrons. The monoisotopic (exact) mass is 305 g/mol. The molecule has 0 bridgehead atoms. The molecule has 2 rings (SSSR count). The summed E-state index contributed by atoms with van der Waals surface area (Å²) in [5, 5.41) is 2.83. The lowest BCUT2D eigenvalue weighted by Gasteiger charge is -2.09. The Morgan fingerprint density at radius 3 is 2.83 bits per heavy atom. The van der Waals surface area contributed by atoms with Gasteiger partial charge in [-0.25, -0.2) is 0 Å². The number of nitrogens with zero attached hydrogens (tertiary/aromatic N) is 1. The van der Waals surface area contributed by atoms with E-state index in [0.29, 0.717) is 12.1 Å². The zero-order valence-corrected chi connectivity index (χ0v) is 11.1. The second kappa shape index (κ2) is 5.75. The molecule has 0 aliphatic rings. The fourth-order valence-corrected chi connectivity index (χ4v) is 1.92. The third-order valence-corrected chi connectivity index (χ3v) is 2.89. The summed E-state index contributed by atoms with van der Waals surface area (Å²) in [5.41, 5.74) is 7.74. The number of anilines is 1. The fraction of sp³-hybridized carbons (Fsp3) is 0.0769. The van der Waals surface area contributed by atoms with Gasteiger partial charge < -0.3 is 11.1 Å². The number of carbonyl (C=O) groups excluding carboxylic acids is 1. The molecule has 1 aromatic heterocycles. The van der Waals surface area contributed by atoms with Crippen molar-refractivity contribution in [2.75, 3.05) is 5.32 Å². The summed E-state index contributed by atoms with van der Waals surface area (Å²) in [6.07, 6.45) is 3.15. The fourth-order valence-electron chi connectivity index (χ4n) is 1.55. The first-order valence-electron chi connectivity index (χ1n) is 5.40. The molecule has 0 saturated heterocycles. The number of hydrogen-bond acceptors (Lipinski definition) is 3. The molecule has 0 atom stereocenters. The van der Waals surface area contributed by atoms with Gasteiger partial charge in [-0.3, -0.25) is 9.78 Å². The summed E-state index contributed by atoms with van der Waals surface area (Å²) in [7, 11) is 0. The Morgan fingerprint density at radius 2 is 2.11 bits per heavy atom. The summed E-state index contributed by atoms with van der Waals surface area (Å²) in [5.74, 6) is -0.204. The molecular formula is C13H12BrN3O. The Hall–Kier alpha value is -1.72. The molecule has 0 unspecified atom stereocenters. The van der Waals surface area contributed by atoms with Gasteiger partial charge in [0, 0.05) is 29.1 Å². The van der Waals surface area contributed by atoms with Crippen molar-refractivity contribution in [2.45, 2.75) is 6.54 Å². The summed E-state index contributed by atoms with van der Waals surface area (Å²) in [6, 6.07) is 9.17. The van der Waals surface area contributed by atoms with E-state index in [1.54, 1.807) is 12.3 Å². The molecule has 0 aliphatic carbocycles. The van der Waals surface area contributed by atoms with Crippen LogP contribution in [0, 0.1) is 0 Å². The first kappa shape index (κ1) is 12.7. The lowest BCUT2D eigenvalue weighted by atomic mass is 10.1. The predicted octanol–water partition coefficient (Wildman–Crippen LogP) is 2.56. The van der Waals surface area contributed by atoms with Crippen molar-refractivity contribution in [3.8, 4) is 0 Å². The number of hydrogen-bond donors (Lipinski definition) is 2. The van der Waals surface area contributed by atoms with E-state index in [1.165, 1.54) is 6.20 Å². The van der Waals surface area contributed by atoms with Crippen LogP contribution in [0.2, 0.25) is 0 Å². The van der Waals surface area contributed by atoms with Gasteiger partial charge in [0.1, 0.15) is 0 Å². The minimum absolute atomic E-state index is 0.204. The van der Waals surface area contributed by atoms with E-state index in [-0.39, 0.29) is 5.91 Å². The number of benzene rings is 1. The molecule has 1 heterocycles. The minimum Gasteiger partial charge on any atom is -0.326 e. The van der Waals surface area contributed by atoms with Gasteiger partial charge in [0.2, 0.25) is 0 Å². The van der Waals surface area contributed by atoms with Crippen LogP contribution in [0.5, 0.6) is 0 Å². The van der Waals surface area contributed by atoms with Crippen LogP contribution in [0.3, 0.4) is 0 Å². The van der Waals surface area contributed by atoms with Crippen molar-refractivity contribution in [2.24, 2.45) is 5.73 Å². The van der Waals surface area contributed by atoms with Gasteiger partial charge in [-0.05, 0) is 33.6 Å². The highest BCUT2D eigenvalue weighted by Crippen LogP contribution is 2.16. The number of carbonyl (C=O) groups is 1. The van der Waals surface area contributed by atoms with Crippen LogP contribution in [0.25, 0.3) is 0 Å². The van der Waals surface area contributed by atoms with E-state index in [9.17, 15) is 4.79 Å². The molecule has 3 N–H and O–H groups in total. The quantitative estimate of drug-likeness (QED) is 0.915. The maximum absolute atomic E-state index is 12.0. The highest BCUT2D eigenvalue weighted by atomic mass is 79.9. The average Bonchev–Trinajstić information content (AvgIpc) is 2.39. The molecule has 0 saturated carbocycles. The normalized spacial score (nSPS) is 10.1. The van der Waals surface area contributed by atoms with Crippen LogP contribution in [-0.2, 0) is 6.54 Å². The molecule has 0 aliphatic heterocycles. The first-order valence-corrected chi connectivity index (χ1v) is 6.20. The zero-order valence-electron chi connectivity index (χ0n) is 9.56. The van der Waals surface area contributed by atoms with Crippen molar-refractivity contribution < 1.29 is 4.79 Å². The summed E-state index contributed by atoms with van der Waals surface area (Å²) < 4.78 is 0.766. The summed E-state index contributed by atoms with van der Waals surface area (Å²) >= 11 is 3.28. The number of rotatable bonds is 3. The van der Waals surface area contributed by atoms with Crippen LogP contribution >= 0.6 is 15.9 Å². The van der Waals surface area contributed by atoms with Crippen LogP contribution in [-0.4, -0.2) is 10.9 Å². The Morgan fingerprint density at radius 1 is 1.33 bits per heavy atom. The third kappa shape index (κ3) is 2.94. The van der Waals surface area contributed by atoms with Gasteiger partial charge in [-0.2, -0.15) is 0 Å². The maximum Gasteiger partial charge on any atom is 0.257 e. The molecule has 0 fully saturated rings. The largest absolute Gasteiger partial charge is 0.326 e.